The Bertz CT molecular complexity index is 1450. The van der Waals surface area contributed by atoms with Crippen molar-refractivity contribution in [3.8, 4) is 5.75 Å². The van der Waals surface area contributed by atoms with Gasteiger partial charge in [-0.3, -0.25) is 9.67 Å². The molecule has 3 aromatic rings. The number of rotatable bonds is 7. The van der Waals surface area contributed by atoms with Crippen LogP contribution in [0, 0.1) is 5.41 Å². The highest BCUT2D eigenvalue weighted by molar-refractivity contribution is 5.90. The van der Waals surface area contributed by atoms with Crippen LogP contribution < -0.4 is 15.4 Å². The highest BCUT2D eigenvalue weighted by Gasteiger charge is 2.29. The lowest BCUT2D eigenvalue weighted by Gasteiger charge is -2.23. The number of anilines is 2. The van der Waals surface area contributed by atoms with Crippen molar-refractivity contribution < 1.29 is 13.5 Å². The Morgan fingerprint density at radius 3 is 2.68 bits per heavy atom. The highest BCUT2D eigenvalue weighted by Crippen LogP contribution is 2.38. The summed E-state index contributed by atoms with van der Waals surface area (Å²) in [6, 6.07) is 2.35. The van der Waals surface area contributed by atoms with Crippen LogP contribution in [0.5, 0.6) is 5.75 Å². The third-order valence-electron chi connectivity index (χ3n) is 6.75. The Kier molecular flexibility index (Phi) is 6.72. The molecular formula is C26H31F2N9O. The number of imidazole rings is 1. The molecule has 0 unspecified atom stereocenters. The molecule has 12 heteroatoms. The average Bonchev–Trinajstić information content (AvgIpc) is 3.63. The number of aromatic nitrogens is 5. The van der Waals surface area contributed by atoms with Crippen LogP contribution in [0.2, 0.25) is 0 Å². The summed E-state index contributed by atoms with van der Waals surface area (Å²) >= 11 is 0. The fourth-order valence-corrected chi connectivity index (χ4v) is 4.88. The van der Waals surface area contributed by atoms with E-state index < -0.39 is 6.43 Å². The summed E-state index contributed by atoms with van der Waals surface area (Å²) in [6.45, 7) is 6.45. The molecule has 0 radical (unpaired) electrons. The van der Waals surface area contributed by atoms with E-state index in [1.54, 1.807) is 13.2 Å². The fraction of sp³-hybridized carbons (Fsp3) is 0.423. The Morgan fingerprint density at radius 2 is 2.05 bits per heavy atom. The molecule has 5 rings (SSSR count). The smallest absolute Gasteiger partial charge is 0.269 e. The van der Waals surface area contributed by atoms with Crippen molar-refractivity contribution in [2.75, 3.05) is 5.32 Å². The van der Waals surface area contributed by atoms with Gasteiger partial charge in [0.25, 0.3) is 6.43 Å². The normalized spacial score (nSPS) is 17.3. The maximum Gasteiger partial charge on any atom is 0.269 e. The van der Waals surface area contributed by atoms with Gasteiger partial charge in [0.2, 0.25) is 5.95 Å². The van der Waals surface area contributed by atoms with Gasteiger partial charge in [-0.15, -0.1) is 0 Å². The van der Waals surface area contributed by atoms with Crippen LogP contribution >= 0.6 is 0 Å². The number of nitrogens with zero attached hydrogens (tertiary/aromatic N) is 6. The minimum atomic E-state index is -2.88. The van der Waals surface area contributed by atoms with Crippen molar-refractivity contribution in [1.82, 2.24) is 29.6 Å². The molecule has 4 heterocycles. The van der Waals surface area contributed by atoms with Crippen molar-refractivity contribution in [1.29, 1.82) is 5.41 Å². The lowest BCUT2D eigenvalue weighted by atomic mass is 9.91. The van der Waals surface area contributed by atoms with Crippen LogP contribution in [0.15, 0.2) is 41.1 Å². The second kappa shape index (κ2) is 9.99. The average molecular weight is 524 g/mol. The number of halogens is 2. The molecule has 1 aliphatic carbocycles. The van der Waals surface area contributed by atoms with Crippen molar-refractivity contribution in [2.24, 2.45) is 12.0 Å². The zero-order chi connectivity index (χ0) is 27.0. The van der Waals surface area contributed by atoms with E-state index in [9.17, 15) is 8.78 Å². The summed E-state index contributed by atoms with van der Waals surface area (Å²) in [5.41, 5.74) is 1.26. The van der Waals surface area contributed by atoms with Gasteiger partial charge < -0.3 is 25.3 Å². The molecule has 3 N–H and O–H groups in total. The van der Waals surface area contributed by atoms with Gasteiger partial charge in [-0.25, -0.2) is 13.8 Å². The SMILES string of the molecule is Cn1c(Nc2cc(C(C)(C)C)n(C3CCCC3)n2)nc2ncc(O/C(C=N)=C3\C=NC=CN3)c(C(F)F)c21. The predicted molar refractivity (Wildman–Crippen MR) is 142 cm³/mol. The van der Waals surface area contributed by atoms with E-state index in [2.05, 4.69) is 51.0 Å². The number of ether oxygens (including phenoxy) is 1. The quantitative estimate of drug-likeness (QED) is 0.272. The number of pyridine rings is 1. The number of aliphatic imine (C=N–C) groups is 1. The number of hydrogen-bond acceptors (Lipinski definition) is 8. The van der Waals surface area contributed by atoms with Crippen LogP contribution in [0.4, 0.5) is 20.5 Å². The molecular weight excluding hydrogens is 492 g/mol. The van der Waals surface area contributed by atoms with Crippen molar-refractivity contribution in [2.45, 2.75) is 64.3 Å². The first-order valence-electron chi connectivity index (χ1n) is 12.5. The summed E-state index contributed by atoms with van der Waals surface area (Å²) in [5.74, 6) is 0.786. The van der Waals surface area contributed by atoms with Gasteiger partial charge in [0, 0.05) is 36.6 Å². The number of alkyl halides is 2. The summed E-state index contributed by atoms with van der Waals surface area (Å²) in [4.78, 5) is 12.7. The first-order valence-corrected chi connectivity index (χ1v) is 12.5. The number of allylic oxidation sites excluding steroid dienone is 2. The standard InChI is InChI=1S/C26H31F2N9O/c1-26(2,3)19-11-20(35-37(19)15-7-5-6-8-15)33-25-34-24-22(36(25)4)21(23(27)28)18(14-32-24)38-17(12-29)16-13-30-9-10-31-16/h9-15,23,29,31H,5-8H2,1-4H3,(H,32,33,34,35)/b17-16+,29-12?. The molecule has 1 fully saturated rings. The van der Waals surface area contributed by atoms with Gasteiger partial charge in [0.1, 0.15) is 11.2 Å². The second-order valence-electron chi connectivity index (χ2n) is 10.4. The first-order chi connectivity index (χ1) is 18.2. The molecule has 0 amide bonds. The van der Waals surface area contributed by atoms with E-state index in [-0.39, 0.29) is 33.7 Å². The van der Waals surface area contributed by atoms with Gasteiger partial charge >= 0.3 is 0 Å². The molecule has 1 aliphatic heterocycles. The molecule has 1 saturated carbocycles. The second-order valence-corrected chi connectivity index (χ2v) is 10.4. The monoisotopic (exact) mass is 523 g/mol. The zero-order valence-electron chi connectivity index (χ0n) is 21.8. The molecule has 0 spiro atoms. The summed E-state index contributed by atoms with van der Waals surface area (Å²) in [7, 11) is 1.64. The van der Waals surface area contributed by atoms with E-state index in [0.29, 0.717) is 23.5 Å². The zero-order valence-corrected chi connectivity index (χ0v) is 21.8. The van der Waals surface area contributed by atoms with Crippen molar-refractivity contribution in [3.63, 3.8) is 0 Å². The summed E-state index contributed by atoms with van der Waals surface area (Å²) in [6.07, 6.45) is 8.32. The van der Waals surface area contributed by atoms with Crippen LogP contribution in [-0.4, -0.2) is 36.7 Å². The molecule has 2 aliphatic rings. The lowest BCUT2D eigenvalue weighted by molar-refractivity contribution is 0.149. The van der Waals surface area contributed by atoms with Gasteiger partial charge in [0.15, 0.2) is 23.0 Å². The van der Waals surface area contributed by atoms with Crippen LogP contribution in [0.25, 0.3) is 11.2 Å². The summed E-state index contributed by atoms with van der Waals surface area (Å²) in [5, 5.41) is 18.7. The Balaban J connectivity index is 1.53. The van der Waals surface area contributed by atoms with Crippen molar-refractivity contribution in [3.05, 3.63) is 47.4 Å². The topological polar surface area (TPSA) is 118 Å². The van der Waals surface area contributed by atoms with Gasteiger partial charge in [-0.1, -0.05) is 33.6 Å². The Morgan fingerprint density at radius 1 is 1.29 bits per heavy atom. The largest absolute Gasteiger partial charge is 0.451 e. The minimum Gasteiger partial charge on any atom is -0.451 e. The van der Waals surface area contributed by atoms with Gasteiger partial charge in [-0.05, 0) is 12.8 Å². The molecule has 0 aromatic carbocycles. The van der Waals surface area contributed by atoms with Gasteiger partial charge in [-0.2, -0.15) is 10.1 Å². The predicted octanol–water partition coefficient (Wildman–Crippen LogP) is 5.64. The molecule has 10 nitrogen and oxygen atoms in total. The maximum atomic E-state index is 14.4. The van der Waals surface area contributed by atoms with E-state index >= 15 is 0 Å². The molecule has 38 heavy (non-hydrogen) atoms. The van der Waals surface area contributed by atoms with E-state index in [4.69, 9.17) is 15.2 Å². The minimum absolute atomic E-state index is 0.0221. The van der Waals surface area contributed by atoms with Crippen molar-refractivity contribution >= 4 is 35.4 Å². The lowest BCUT2D eigenvalue weighted by Crippen LogP contribution is -2.20. The Hall–Kier alpha value is -4.09. The Labute approximate surface area is 219 Å². The first kappa shape index (κ1) is 25.6. The van der Waals surface area contributed by atoms with Gasteiger partial charge in [0.05, 0.1) is 30.2 Å². The molecule has 200 valence electrons. The number of aryl methyl sites for hydroxylation is 1. The van der Waals surface area contributed by atoms with Crippen LogP contribution in [-0.2, 0) is 12.5 Å². The maximum absolute atomic E-state index is 14.4. The number of hydrogen-bond donors (Lipinski definition) is 3. The van der Waals surface area contributed by atoms with Crippen LogP contribution in [0.1, 0.15) is 70.2 Å². The van der Waals surface area contributed by atoms with E-state index in [1.165, 1.54) is 36.0 Å². The summed E-state index contributed by atoms with van der Waals surface area (Å²) < 4.78 is 38.2. The third-order valence-corrected chi connectivity index (χ3v) is 6.75. The highest BCUT2D eigenvalue weighted by atomic mass is 19.3. The van der Waals surface area contributed by atoms with E-state index in [1.807, 2.05) is 6.07 Å². The third kappa shape index (κ3) is 4.77. The molecule has 0 atom stereocenters. The molecule has 3 aromatic heterocycles. The molecule has 0 bridgehead atoms. The van der Waals surface area contributed by atoms with E-state index in [0.717, 1.165) is 24.8 Å². The number of nitrogens with one attached hydrogen (secondary N) is 3. The van der Waals surface area contributed by atoms with Crippen LogP contribution in [0.3, 0.4) is 0 Å². The fourth-order valence-electron chi connectivity index (χ4n) is 4.88. The molecule has 0 saturated heterocycles. The number of fused-ring (bicyclic) bond motifs is 1.